The number of likely N-dealkylation sites (N-methyl/N-ethyl adjacent to an activating group) is 1. The Morgan fingerprint density at radius 2 is 1.79 bits per heavy atom. The van der Waals surface area contributed by atoms with E-state index in [0.717, 1.165) is 0 Å². The minimum absolute atomic E-state index is 0.131. The summed E-state index contributed by atoms with van der Waals surface area (Å²) < 4.78 is 38.7. The van der Waals surface area contributed by atoms with Gasteiger partial charge in [-0.1, -0.05) is 12.1 Å². The summed E-state index contributed by atoms with van der Waals surface area (Å²) >= 11 is 0. The van der Waals surface area contributed by atoms with E-state index in [2.05, 4.69) is 4.72 Å². The second kappa shape index (κ2) is 8.84. The van der Waals surface area contributed by atoms with E-state index >= 15 is 0 Å². The van der Waals surface area contributed by atoms with Crippen LogP contribution in [0.2, 0.25) is 0 Å². The summed E-state index contributed by atoms with van der Waals surface area (Å²) in [7, 11) is -3.59. The summed E-state index contributed by atoms with van der Waals surface area (Å²) in [6.07, 6.45) is -0.274. The van der Waals surface area contributed by atoms with Crippen LogP contribution in [0.25, 0.3) is 0 Å². The molecule has 1 aliphatic rings. The van der Waals surface area contributed by atoms with Crippen molar-refractivity contribution in [3.05, 3.63) is 54.1 Å². The van der Waals surface area contributed by atoms with Crippen LogP contribution in [-0.2, 0) is 10.0 Å². The number of carbonyl (C=O) groups is 1. The van der Waals surface area contributed by atoms with Crippen molar-refractivity contribution < 1.29 is 22.7 Å². The zero-order valence-corrected chi connectivity index (χ0v) is 17.6. The predicted molar refractivity (Wildman–Crippen MR) is 110 cm³/mol. The van der Waals surface area contributed by atoms with Gasteiger partial charge in [-0.25, -0.2) is 13.1 Å². The van der Waals surface area contributed by atoms with Gasteiger partial charge in [0.1, 0.15) is 6.61 Å². The lowest BCUT2D eigenvalue weighted by atomic mass is 10.2. The topological polar surface area (TPSA) is 84.9 Å². The number of hydrogen-bond donors (Lipinski definition) is 1. The summed E-state index contributed by atoms with van der Waals surface area (Å²) in [4.78, 5) is 14.7. The van der Waals surface area contributed by atoms with Crippen molar-refractivity contribution in [3.8, 4) is 11.5 Å². The number of fused-ring (bicyclic) bond motifs is 1. The highest BCUT2D eigenvalue weighted by atomic mass is 32.2. The van der Waals surface area contributed by atoms with Gasteiger partial charge in [0.25, 0.3) is 5.91 Å². The standard InChI is InChI=1S/C21H26N2O5S/c1-4-23(13-17-14-27-19-7-5-6-8-20(19)28-17)21(24)16-9-11-18(12-10-16)29(25,26)22-15(2)3/h5-12,15,17,22H,4,13-14H2,1-3H3. The van der Waals surface area contributed by atoms with Gasteiger partial charge in [-0.2, -0.15) is 0 Å². The van der Waals surface area contributed by atoms with E-state index in [-0.39, 0.29) is 22.9 Å². The number of hydrogen-bond acceptors (Lipinski definition) is 5. The summed E-state index contributed by atoms with van der Waals surface area (Å²) in [5.74, 6) is 1.18. The van der Waals surface area contributed by atoms with Gasteiger partial charge >= 0.3 is 0 Å². The van der Waals surface area contributed by atoms with E-state index < -0.39 is 10.0 Å². The number of carbonyl (C=O) groups excluding carboxylic acids is 1. The van der Waals surface area contributed by atoms with E-state index in [9.17, 15) is 13.2 Å². The monoisotopic (exact) mass is 418 g/mol. The molecule has 0 aliphatic carbocycles. The van der Waals surface area contributed by atoms with E-state index in [4.69, 9.17) is 9.47 Å². The Morgan fingerprint density at radius 1 is 1.14 bits per heavy atom. The van der Waals surface area contributed by atoms with Gasteiger partial charge in [0.2, 0.25) is 10.0 Å². The Hall–Kier alpha value is -2.58. The number of ether oxygens (including phenoxy) is 2. The van der Waals surface area contributed by atoms with Crippen molar-refractivity contribution in [3.63, 3.8) is 0 Å². The van der Waals surface area contributed by atoms with Crippen LogP contribution >= 0.6 is 0 Å². The molecule has 29 heavy (non-hydrogen) atoms. The Labute approximate surface area is 171 Å². The maximum atomic E-state index is 12.9. The maximum absolute atomic E-state index is 12.9. The van der Waals surface area contributed by atoms with Gasteiger partial charge in [0.05, 0.1) is 11.4 Å². The molecule has 1 heterocycles. The summed E-state index contributed by atoms with van der Waals surface area (Å²) in [6, 6.07) is 13.2. The first-order chi connectivity index (χ1) is 13.8. The largest absolute Gasteiger partial charge is 0.486 e. The van der Waals surface area contributed by atoms with Crippen molar-refractivity contribution in [1.82, 2.24) is 9.62 Å². The Balaban J connectivity index is 1.68. The third-order valence-corrected chi connectivity index (χ3v) is 6.14. The third-order valence-electron chi connectivity index (χ3n) is 4.46. The van der Waals surface area contributed by atoms with Gasteiger partial charge in [-0.15, -0.1) is 0 Å². The van der Waals surface area contributed by atoms with E-state index in [1.54, 1.807) is 18.7 Å². The average Bonchev–Trinajstić information content (AvgIpc) is 2.70. The van der Waals surface area contributed by atoms with Crippen LogP contribution in [0.15, 0.2) is 53.4 Å². The van der Waals surface area contributed by atoms with Crippen LogP contribution < -0.4 is 14.2 Å². The summed E-state index contributed by atoms with van der Waals surface area (Å²) in [6.45, 7) is 6.63. The minimum atomic E-state index is -3.59. The Bertz CT molecular complexity index is 957. The fourth-order valence-corrected chi connectivity index (χ4v) is 4.34. The average molecular weight is 419 g/mol. The lowest BCUT2D eigenvalue weighted by molar-refractivity contribution is 0.0475. The summed E-state index contributed by atoms with van der Waals surface area (Å²) in [5, 5.41) is 0. The highest BCUT2D eigenvalue weighted by Gasteiger charge is 2.25. The van der Waals surface area contributed by atoms with Crippen molar-refractivity contribution >= 4 is 15.9 Å². The zero-order chi connectivity index (χ0) is 21.0. The SMILES string of the molecule is CCN(CC1COc2ccccc2O1)C(=O)c1ccc(S(=O)(=O)NC(C)C)cc1. The molecule has 2 aromatic carbocycles. The highest BCUT2D eigenvalue weighted by molar-refractivity contribution is 7.89. The predicted octanol–water partition coefficient (Wildman–Crippen LogP) is 2.68. The molecule has 8 heteroatoms. The minimum Gasteiger partial charge on any atom is -0.486 e. The number of para-hydroxylation sites is 2. The van der Waals surface area contributed by atoms with Crippen molar-refractivity contribution in [2.24, 2.45) is 0 Å². The second-order valence-corrected chi connectivity index (χ2v) is 8.86. The van der Waals surface area contributed by atoms with E-state index in [1.165, 1.54) is 24.3 Å². The van der Waals surface area contributed by atoms with Crippen LogP contribution in [0.1, 0.15) is 31.1 Å². The maximum Gasteiger partial charge on any atom is 0.253 e. The van der Waals surface area contributed by atoms with Crippen LogP contribution in [0.3, 0.4) is 0 Å². The molecule has 3 rings (SSSR count). The fraction of sp³-hybridized carbons (Fsp3) is 0.381. The lowest BCUT2D eigenvalue weighted by Crippen LogP contribution is -2.43. The number of benzene rings is 2. The molecule has 0 saturated carbocycles. The highest BCUT2D eigenvalue weighted by Crippen LogP contribution is 2.31. The Morgan fingerprint density at radius 3 is 2.41 bits per heavy atom. The lowest BCUT2D eigenvalue weighted by Gasteiger charge is -2.31. The molecule has 0 spiro atoms. The first-order valence-electron chi connectivity index (χ1n) is 9.60. The number of nitrogens with one attached hydrogen (secondary N) is 1. The van der Waals surface area contributed by atoms with Crippen LogP contribution in [0, 0.1) is 0 Å². The molecule has 1 N–H and O–H groups in total. The van der Waals surface area contributed by atoms with Crippen molar-refractivity contribution in [2.75, 3.05) is 19.7 Å². The van der Waals surface area contributed by atoms with Crippen molar-refractivity contribution in [2.45, 2.75) is 37.8 Å². The second-order valence-electron chi connectivity index (χ2n) is 7.14. The molecule has 1 atom stereocenters. The molecule has 0 radical (unpaired) electrons. The molecular weight excluding hydrogens is 392 g/mol. The van der Waals surface area contributed by atoms with Gasteiger partial charge < -0.3 is 14.4 Å². The fourth-order valence-electron chi connectivity index (χ4n) is 3.09. The number of sulfonamides is 1. The van der Waals surface area contributed by atoms with Gasteiger partial charge in [0.15, 0.2) is 17.6 Å². The van der Waals surface area contributed by atoms with Gasteiger partial charge in [-0.3, -0.25) is 4.79 Å². The van der Waals surface area contributed by atoms with Crippen LogP contribution in [0.4, 0.5) is 0 Å². The van der Waals surface area contributed by atoms with Gasteiger partial charge in [0, 0.05) is 18.2 Å². The normalized spacial score (nSPS) is 15.9. The van der Waals surface area contributed by atoms with Crippen molar-refractivity contribution in [1.29, 1.82) is 0 Å². The molecule has 1 amide bonds. The molecule has 0 bridgehead atoms. The Kier molecular flexibility index (Phi) is 6.44. The molecule has 1 aliphatic heterocycles. The first kappa shape index (κ1) is 21.1. The quantitative estimate of drug-likeness (QED) is 0.747. The third kappa shape index (κ3) is 5.07. The molecule has 0 aromatic heterocycles. The van der Waals surface area contributed by atoms with E-state index in [1.807, 2.05) is 31.2 Å². The molecule has 1 unspecified atom stereocenters. The van der Waals surface area contributed by atoms with Crippen LogP contribution in [-0.4, -0.2) is 51.1 Å². The molecule has 0 saturated heterocycles. The van der Waals surface area contributed by atoms with E-state index in [0.29, 0.717) is 36.8 Å². The number of rotatable bonds is 7. The van der Waals surface area contributed by atoms with Crippen LogP contribution in [0.5, 0.6) is 11.5 Å². The zero-order valence-electron chi connectivity index (χ0n) is 16.8. The molecule has 156 valence electrons. The molecular formula is C21H26N2O5S. The van der Waals surface area contributed by atoms with Gasteiger partial charge in [-0.05, 0) is 57.2 Å². The number of nitrogens with zero attached hydrogens (tertiary/aromatic N) is 1. The molecule has 0 fully saturated rings. The first-order valence-corrected chi connectivity index (χ1v) is 11.1. The molecule has 2 aromatic rings. The summed E-state index contributed by atoms with van der Waals surface area (Å²) in [5.41, 5.74) is 0.424. The molecule has 7 nitrogen and oxygen atoms in total. The number of amides is 1. The smallest absolute Gasteiger partial charge is 0.253 e.